The van der Waals surface area contributed by atoms with Crippen LogP contribution in [0.2, 0.25) is 0 Å². The SMILES string of the molecule is O=S(=O)([O-])C(F)(F)C(F)(F)C(F)(F)C(F)(F)C(F)C(F)(F)F.O=S(=O)([O-])C(F)(F)C(F)(F)C(F)(F)C(F)(F)C(F)C(F)(F)F.[Li+].[Li+]. The Bertz CT molecular complexity index is 1150. The Balaban J connectivity index is -0.000000367. The second-order valence-corrected chi connectivity index (χ2v) is 10.1. The fraction of sp³-hybridized carbons (Fsp3) is 1.00. The Kier molecular flexibility index (Phi) is 15.8. The minimum Gasteiger partial charge on any atom is -0.743 e. The van der Waals surface area contributed by atoms with E-state index in [-0.39, 0.29) is 37.7 Å². The normalized spacial score (nSPS) is 16.7. The molecule has 0 bridgehead atoms. The standard InChI is InChI=1S/2C6H2F12O3S.2Li/c2*7-1(3(10,11)12)2(8,9)4(13,14)5(15,16)6(17,18)22(19,20)21;;/h2*1H,(H,19,20,21);;/q;;2*+1/p-2. The molecule has 0 saturated carbocycles. The molecule has 34 heteroatoms. The molecular weight excluding hydrogens is 774 g/mol. The Morgan fingerprint density at radius 3 is 0.630 bits per heavy atom. The molecule has 0 spiro atoms. The van der Waals surface area contributed by atoms with Crippen molar-refractivity contribution in [3.63, 3.8) is 0 Å². The molecule has 0 aromatic heterocycles. The summed E-state index contributed by atoms with van der Waals surface area (Å²) in [5, 5.41) is -14.9. The van der Waals surface area contributed by atoms with E-state index in [9.17, 15) is 131 Å². The quantitative estimate of drug-likeness (QED) is 0.174. The van der Waals surface area contributed by atoms with Gasteiger partial charge in [-0.2, -0.15) is 96.6 Å². The zero-order valence-corrected chi connectivity index (χ0v) is 22.1. The van der Waals surface area contributed by atoms with Crippen molar-refractivity contribution in [3.8, 4) is 0 Å². The number of alkyl halides is 24. The minimum absolute atomic E-state index is 0. The van der Waals surface area contributed by atoms with Gasteiger partial charge < -0.3 is 9.11 Å². The second kappa shape index (κ2) is 13.9. The zero-order valence-electron chi connectivity index (χ0n) is 20.5. The van der Waals surface area contributed by atoms with Gasteiger partial charge in [-0.3, -0.25) is 0 Å². The summed E-state index contributed by atoms with van der Waals surface area (Å²) in [6, 6.07) is 0. The van der Waals surface area contributed by atoms with Gasteiger partial charge in [0.1, 0.15) is 0 Å². The van der Waals surface area contributed by atoms with Gasteiger partial charge in [-0.05, 0) is 0 Å². The van der Waals surface area contributed by atoms with Gasteiger partial charge in [0.2, 0.25) is 0 Å². The van der Waals surface area contributed by atoms with Gasteiger partial charge in [-0.1, -0.05) is 0 Å². The molecule has 0 amide bonds. The summed E-state index contributed by atoms with van der Waals surface area (Å²) in [4.78, 5) is 0. The van der Waals surface area contributed by atoms with Crippen LogP contribution in [0, 0.1) is 0 Å². The van der Waals surface area contributed by atoms with Crippen LogP contribution in [0.15, 0.2) is 0 Å². The van der Waals surface area contributed by atoms with E-state index in [1.54, 1.807) is 0 Å². The predicted octanol–water partition coefficient (Wildman–Crippen LogP) is -0.131. The van der Waals surface area contributed by atoms with Crippen molar-refractivity contribution in [2.75, 3.05) is 0 Å². The molecule has 0 N–H and O–H groups in total. The fourth-order valence-corrected chi connectivity index (χ4v) is 2.71. The van der Waals surface area contributed by atoms with Gasteiger partial charge in [0.25, 0.3) is 12.3 Å². The predicted molar refractivity (Wildman–Crippen MR) is 80.9 cm³/mol. The summed E-state index contributed by atoms with van der Waals surface area (Å²) >= 11 is 0. The topological polar surface area (TPSA) is 114 Å². The van der Waals surface area contributed by atoms with Crippen molar-refractivity contribution in [3.05, 3.63) is 0 Å². The van der Waals surface area contributed by atoms with E-state index in [4.69, 9.17) is 0 Å². The maximum atomic E-state index is 12.7. The van der Waals surface area contributed by atoms with Crippen molar-refractivity contribution in [2.24, 2.45) is 0 Å². The van der Waals surface area contributed by atoms with E-state index in [0.29, 0.717) is 0 Å². The van der Waals surface area contributed by atoms with Gasteiger partial charge >= 0.3 is 96.1 Å². The molecule has 268 valence electrons. The van der Waals surface area contributed by atoms with Crippen molar-refractivity contribution >= 4 is 20.2 Å². The molecule has 0 aliphatic heterocycles. The molecule has 0 saturated heterocycles. The molecule has 2 unspecified atom stereocenters. The second-order valence-electron chi connectivity index (χ2n) is 7.29. The van der Waals surface area contributed by atoms with E-state index in [0.717, 1.165) is 0 Å². The van der Waals surface area contributed by atoms with Crippen LogP contribution in [0.25, 0.3) is 0 Å². The monoisotopic (exact) mass is 776 g/mol. The molecule has 46 heavy (non-hydrogen) atoms. The molecule has 6 nitrogen and oxygen atoms in total. The Morgan fingerprint density at radius 1 is 0.370 bits per heavy atom. The number of hydrogen-bond donors (Lipinski definition) is 0. The molecule has 0 radical (unpaired) electrons. The van der Waals surface area contributed by atoms with Crippen molar-refractivity contribution < 1.29 is 169 Å². The van der Waals surface area contributed by atoms with Gasteiger partial charge in [0.05, 0.1) is 0 Å². The van der Waals surface area contributed by atoms with Gasteiger partial charge in [-0.25, -0.2) is 25.6 Å². The number of rotatable bonds is 10. The van der Waals surface area contributed by atoms with Crippen LogP contribution in [-0.4, -0.2) is 96.7 Å². The number of hydrogen-bond acceptors (Lipinski definition) is 6. The molecular formula is C12H2F24Li2O6S2. The van der Waals surface area contributed by atoms with E-state index in [2.05, 4.69) is 0 Å². The van der Waals surface area contributed by atoms with Crippen LogP contribution < -0.4 is 37.7 Å². The summed E-state index contributed by atoms with van der Waals surface area (Å²) in [6.07, 6.45) is -25.9. The van der Waals surface area contributed by atoms with E-state index in [1.165, 1.54) is 0 Å². The average Bonchev–Trinajstić information content (AvgIpc) is 2.74. The largest absolute Gasteiger partial charge is 1.00 e. The maximum Gasteiger partial charge on any atom is 1.00 e. The summed E-state index contributed by atoms with van der Waals surface area (Å²) in [6.45, 7) is 0. The van der Waals surface area contributed by atoms with E-state index in [1.807, 2.05) is 0 Å². The molecule has 0 rings (SSSR count). The molecule has 2 atom stereocenters. The summed E-state index contributed by atoms with van der Waals surface area (Å²) in [5.41, 5.74) is 0. The van der Waals surface area contributed by atoms with Gasteiger partial charge in [-0.15, -0.1) is 0 Å². The molecule has 0 aliphatic rings. The van der Waals surface area contributed by atoms with Crippen LogP contribution >= 0.6 is 0 Å². The summed E-state index contributed by atoms with van der Waals surface area (Å²) in [7, 11) is -15.4. The van der Waals surface area contributed by atoms with Crippen molar-refractivity contribution in [1.82, 2.24) is 0 Å². The average molecular weight is 776 g/mol. The molecule has 0 aromatic rings. The van der Waals surface area contributed by atoms with E-state index >= 15 is 0 Å². The molecule has 0 aliphatic carbocycles. The van der Waals surface area contributed by atoms with E-state index < -0.39 is 91.0 Å². The molecule has 0 fully saturated rings. The van der Waals surface area contributed by atoms with Crippen LogP contribution in [0.4, 0.5) is 105 Å². The van der Waals surface area contributed by atoms with Crippen LogP contribution in [0.5, 0.6) is 0 Å². The third kappa shape index (κ3) is 8.55. The zero-order chi connectivity index (χ0) is 37.2. The molecule has 0 heterocycles. The minimum atomic E-state index is -7.88. The van der Waals surface area contributed by atoms with Gasteiger partial charge in [0.15, 0.2) is 20.2 Å². The van der Waals surface area contributed by atoms with Crippen LogP contribution in [0.3, 0.4) is 0 Å². The first-order valence-electron chi connectivity index (χ1n) is 8.66. The van der Waals surface area contributed by atoms with Crippen molar-refractivity contribution in [2.45, 2.75) is 70.7 Å². The molecule has 0 aromatic carbocycles. The first kappa shape index (κ1) is 52.2. The first-order valence-corrected chi connectivity index (χ1v) is 11.5. The van der Waals surface area contributed by atoms with Gasteiger partial charge in [0, 0.05) is 0 Å². The third-order valence-corrected chi connectivity index (χ3v) is 5.97. The Labute approximate surface area is 260 Å². The Hall–Kier alpha value is -0.665. The third-order valence-electron chi connectivity index (χ3n) is 4.20. The summed E-state index contributed by atoms with van der Waals surface area (Å²) < 4.78 is 354. The fourth-order valence-electron chi connectivity index (χ4n) is 1.83. The smallest absolute Gasteiger partial charge is 0.743 e. The Morgan fingerprint density at radius 2 is 0.522 bits per heavy atom. The number of halogens is 24. The van der Waals surface area contributed by atoms with Crippen LogP contribution in [0.1, 0.15) is 0 Å². The maximum absolute atomic E-state index is 12.7. The van der Waals surface area contributed by atoms with Crippen LogP contribution in [-0.2, 0) is 20.2 Å². The summed E-state index contributed by atoms with van der Waals surface area (Å²) in [5.74, 6) is -46.5. The van der Waals surface area contributed by atoms with Crippen molar-refractivity contribution in [1.29, 1.82) is 0 Å². The first-order chi connectivity index (χ1) is 18.3.